The Morgan fingerprint density at radius 2 is 2.15 bits per heavy atom. The predicted molar refractivity (Wildman–Crippen MR) is 98.2 cm³/mol. The highest BCUT2D eigenvalue weighted by Gasteiger charge is 2.49. The molecule has 0 radical (unpaired) electrons. The van der Waals surface area contributed by atoms with Crippen molar-refractivity contribution in [3.63, 3.8) is 0 Å². The van der Waals surface area contributed by atoms with Crippen LogP contribution in [0.15, 0.2) is 29.8 Å². The van der Waals surface area contributed by atoms with Gasteiger partial charge in [-0.25, -0.2) is 4.39 Å². The van der Waals surface area contributed by atoms with Crippen LogP contribution in [-0.4, -0.2) is 29.7 Å². The van der Waals surface area contributed by atoms with Crippen LogP contribution in [0, 0.1) is 28.0 Å². The van der Waals surface area contributed by atoms with Crippen molar-refractivity contribution in [2.75, 3.05) is 13.1 Å². The molecule has 5 heteroatoms. The maximum absolute atomic E-state index is 13.4. The zero-order valence-electron chi connectivity index (χ0n) is 15.7. The molecular formula is C22H23FN2O2. The fourth-order valence-electron chi connectivity index (χ4n) is 5.24. The molecule has 1 fully saturated rings. The van der Waals surface area contributed by atoms with Crippen LogP contribution < -0.4 is 0 Å². The molecule has 2 aliphatic carbocycles. The Morgan fingerprint density at radius 1 is 1.37 bits per heavy atom. The summed E-state index contributed by atoms with van der Waals surface area (Å²) in [5, 5.41) is 9.37. The summed E-state index contributed by atoms with van der Waals surface area (Å²) in [6.07, 6.45) is 4.67. The molecule has 4 nitrogen and oxygen atoms in total. The lowest BCUT2D eigenvalue weighted by molar-refractivity contribution is -0.132. The van der Waals surface area contributed by atoms with Gasteiger partial charge in [0.25, 0.3) is 0 Å². The molecule has 1 heterocycles. The number of ketones is 1. The quantitative estimate of drug-likeness (QED) is 0.764. The molecule has 0 aromatic heterocycles. The lowest BCUT2D eigenvalue weighted by Gasteiger charge is -2.38. The molecule has 140 valence electrons. The second kappa shape index (κ2) is 6.02. The Kier molecular flexibility index (Phi) is 3.99. The van der Waals surface area contributed by atoms with E-state index in [1.165, 1.54) is 12.1 Å². The first-order chi connectivity index (χ1) is 12.7. The second-order valence-corrected chi connectivity index (χ2v) is 8.87. The molecule has 0 bridgehead atoms. The van der Waals surface area contributed by atoms with Crippen LogP contribution in [0.5, 0.6) is 0 Å². The molecule has 1 unspecified atom stereocenters. The molecule has 1 saturated heterocycles. The molecule has 0 saturated carbocycles. The van der Waals surface area contributed by atoms with Crippen molar-refractivity contribution in [1.82, 2.24) is 4.90 Å². The maximum atomic E-state index is 13.4. The number of hydrogen-bond donors (Lipinski definition) is 0. The summed E-state index contributed by atoms with van der Waals surface area (Å²) in [5.41, 5.74) is 1.20. The number of rotatable bonds is 1. The Labute approximate surface area is 158 Å². The number of nitriles is 1. The van der Waals surface area contributed by atoms with Crippen LogP contribution in [0.2, 0.25) is 0 Å². The lowest BCUT2D eigenvalue weighted by atomic mass is 9.64. The molecule has 2 atom stereocenters. The molecule has 1 aromatic carbocycles. The molecule has 0 N–H and O–H groups in total. The van der Waals surface area contributed by atoms with Gasteiger partial charge in [-0.05, 0) is 48.9 Å². The van der Waals surface area contributed by atoms with Crippen LogP contribution in [0.3, 0.4) is 0 Å². The molecule has 1 aliphatic heterocycles. The van der Waals surface area contributed by atoms with Gasteiger partial charge >= 0.3 is 0 Å². The van der Waals surface area contributed by atoms with Gasteiger partial charge in [-0.1, -0.05) is 26.0 Å². The third-order valence-corrected chi connectivity index (χ3v) is 6.40. The third kappa shape index (κ3) is 2.88. The fraction of sp³-hybridized carbons (Fsp3) is 0.500. The van der Waals surface area contributed by atoms with Crippen molar-refractivity contribution >= 4 is 11.7 Å². The van der Waals surface area contributed by atoms with Gasteiger partial charge in [0.05, 0.1) is 11.5 Å². The van der Waals surface area contributed by atoms with Crippen molar-refractivity contribution in [3.05, 3.63) is 46.8 Å². The number of carbonyl (C=O) groups excluding carboxylic acids is 2. The van der Waals surface area contributed by atoms with E-state index in [9.17, 15) is 19.2 Å². The number of hydrogen-bond acceptors (Lipinski definition) is 3. The first kappa shape index (κ1) is 17.9. The first-order valence-electron chi connectivity index (χ1n) is 9.50. The number of Topliss-reactive ketones (excluding diaryl/α,β-unsaturated/α-hetero) is 1. The van der Waals surface area contributed by atoms with E-state index in [1.54, 1.807) is 6.07 Å². The number of benzene rings is 1. The minimum absolute atomic E-state index is 0.0823. The Hall–Kier alpha value is -2.48. The highest BCUT2D eigenvalue weighted by atomic mass is 19.1. The smallest absolute Gasteiger partial charge is 0.230 e. The summed E-state index contributed by atoms with van der Waals surface area (Å²) < 4.78 is 13.4. The number of fused-ring (bicyclic) bond motifs is 1. The number of carbonyl (C=O) groups is 2. The first-order valence-corrected chi connectivity index (χ1v) is 9.50. The summed E-state index contributed by atoms with van der Waals surface area (Å²) in [4.78, 5) is 27.5. The summed E-state index contributed by atoms with van der Waals surface area (Å²) in [7, 11) is 0. The van der Waals surface area contributed by atoms with Gasteiger partial charge in [0, 0.05) is 23.9 Å². The molecule has 1 aromatic rings. The second-order valence-electron chi connectivity index (χ2n) is 8.87. The fourth-order valence-corrected chi connectivity index (χ4v) is 5.24. The molecule has 1 spiro atoms. The Balaban J connectivity index is 1.57. The topological polar surface area (TPSA) is 61.2 Å². The Morgan fingerprint density at radius 3 is 2.89 bits per heavy atom. The zero-order valence-corrected chi connectivity index (χ0v) is 15.7. The van der Waals surface area contributed by atoms with E-state index in [-0.39, 0.29) is 34.4 Å². The number of aryl methyl sites for hydroxylation is 1. The number of amides is 1. The normalized spacial score (nSPS) is 28.8. The summed E-state index contributed by atoms with van der Waals surface area (Å²) in [5.74, 6) is -0.496. The van der Waals surface area contributed by atoms with Gasteiger partial charge in [-0.15, -0.1) is 0 Å². The van der Waals surface area contributed by atoms with Gasteiger partial charge < -0.3 is 4.90 Å². The largest absolute Gasteiger partial charge is 0.341 e. The van der Waals surface area contributed by atoms with Gasteiger partial charge in [0.15, 0.2) is 5.78 Å². The SMILES string of the molecule is CC1(C)C[C@@]2(C=C(C#N)C1=O)CCN(C(=O)C1CCc3cc(F)ccc31)C2. The standard InChI is InChI=1S/C22H23FN2O2/c1-21(2)12-22(10-15(11-24)19(21)26)7-8-25(13-22)20(27)18-5-3-14-9-16(23)4-6-17(14)18/h4,6,9-10,18H,3,5,7-8,12-13H2,1-2H3/t18?,22-/m0/s1. The van der Waals surface area contributed by atoms with E-state index >= 15 is 0 Å². The zero-order chi connectivity index (χ0) is 19.4. The van der Waals surface area contributed by atoms with Crippen LogP contribution in [0.25, 0.3) is 0 Å². The van der Waals surface area contributed by atoms with Crippen molar-refractivity contribution in [3.8, 4) is 6.07 Å². The van der Waals surface area contributed by atoms with Gasteiger partial charge in [0.1, 0.15) is 11.9 Å². The summed E-state index contributed by atoms with van der Waals surface area (Å²) >= 11 is 0. The summed E-state index contributed by atoms with van der Waals surface area (Å²) in [6, 6.07) is 6.75. The molecule has 27 heavy (non-hydrogen) atoms. The van der Waals surface area contributed by atoms with Gasteiger partial charge in [0.2, 0.25) is 5.91 Å². The molecular weight excluding hydrogens is 343 g/mol. The average Bonchev–Trinajstić information content (AvgIpc) is 3.21. The van der Waals surface area contributed by atoms with Crippen molar-refractivity contribution < 1.29 is 14.0 Å². The number of likely N-dealkylation sites (tertiary alicyclic amines) is 1. The van der Waals surface area contributed by atoms with Crippen molar-refractivity contribution in [2.24, 2.45) is 10.8 Å². The number of allylic oxidation sites excluding steroid dienone is 1. The van der Waals surface area contributed by atoms with Crippen LogP contribution in [-0.2, 0) is 16.0 Å². The van der Waals surface area contributed by atoms with Crippen LogP contribution >= 0.6 is 0 Å². The minimum atomic E-state index is -0.587. The highest BCUT2D eigenvalue weighted by molar-refractivity contribution is 6.03. The third-order valence-electron chi connectivity index (χ3n) is 6.40. The minimum Gasteiger partial charge on any atom is -0.341 e. The van der Waals surface area contributed by atoms with E-state index in [1.807, 2.05) is 24.8 Å². The van der Waals surface area contributed by atoms with Gasteiger partial charge in [-0.3, -0.25) is 9.59 Å². The highest BCUT2D eigenvalue weighted by Crippen LogP contribution is 2.48. The van der Waals surface area contributed by atoms with Crippen LogP contribution in [0.1, 0.15) is 50.2 Å². The van der Waals surface area contributed by atoms with Crippen molar-refractivity contribution in [2.45, 2.75) is 45.4 Å². The van der Waals surface area contributed by atoms with E-state index in [0.29, 0.717) is 25.9 Å². The predicted octanol–water partition coefficient (Wildman–Crippen LogP) is 3.52. The van der Waals surface area contributed by atoms with Crippen LogP contribution in [0.4, 0.5) is 4.39 Å². The maximum Gasteiger partial charge on any atom is 0.230 e. The monoisotopic (exact) mass is 366 g/mol. The van der Waals surface area contributed by atoms with E-state index in [2.05, 4.69) is 6.07 Å². The molecule has 4 rings (SSSR count). The van der Waals surface area contributed by atoms with E-state index < -0.39 is 5.41 Å². The lowest BCUT2D eigenvalue weighted by Crippen LogP contribution is -2.41. The number of nitrogens with zero attached hydrogens (tertiary/aromatic N) is 2. The Bertz CT molecular complexity index is 911. The molecule has 3 aliphatic rings. The average molecular weight is 366 g/mol. The number of halogens is 1. The summed E-state index contributed by atoms with van der Waals surface area (Å²) in [6.45, 7) is 4.94. The van der Waals surface area contributed by atoms with Crippen molar-refractivity contribution in [1.29, 1.82) is 5.26 Å². The van der Waals surface area contributed by atoms with Gasteiger partial charge in [-0.2, -0.15) is 5.26 Å². The molecule has 1 amide bonds. The van der Waals surface area contributed by atoms with E-state index in [4.69, 9.17) is 0 Å². The van der Waals surface area contributed by atoms with E-state index in [0.717, 1.165) is 24.0 Å².